The number of nitrogens with one attached hydrogen (secondary N) is 1. The molecule has 0 spiro atoms. The van der Waals surface area contributed by atoms with Gasteiger partial charge in [-0.05, 0) is 37.6 Å². The van der Waals surface area contributed by atoms with Crippen molar-refractivity contribution in [3.8, 4) is 0 Å². The van der Waals surface area contributed by atoms with Gasteiger partial charge in [-0.2, -0.15) is 0 Å². The van der Waals surface area contributed by atoms with Crippen molar-refractivity contribution in [2.45, 2.75) is 12.8 Å². The van der Waals surface area contributed by atoms with Crippen LogP contribution in [0.1, 0.15) is 12.0 Å². The molecule has 1 saturated heterocycles. The van der Waals surface area contributed by atoms with Gasteiger partial charge in [-0.25, -0.2) is 9.37 Å². The zero-order valence-corrected chi connectivity index (χ0v) is 9.04. The number of rotatable bonds is 3. The molecule has 0 unspecified atom stereocenters. The summed E-state index contributed by atoms with van der Waals surface area (Å²) in [5.41, 5.74) is 1.94. The lowest BCUT2D eigenvalue weighted by Gasteiger charge is -2.30. The maximum Gasteiger partial charge on any atom is 0.142 e. The standard InChI is InChI=1S/C12H14FN3/c13-10-6-11-9(2-5-16-3-1-4-16)7-14-12(11)15-8-10/h6-8H,1-5H2,(H,14,15). The summed E-state index contributed by atoms with van der Waals surface area (Å²) >= 11 is 0. The Kier molecular flexibility index (Phi) is 2.36. The first-order valence-corrected chi connectivity index (χ1v) is 5.67. The van der Waals surface area contributed by atoms with E-state index in [4.69, 9.17) is 0 Å². The molecule has 0 aliphatic carbocycles. The fourth-order valence-corrected chi connectivity index (χ4v) is 2.12. The minimum atomic E-state index is -0.266. The summed E-state index contributed by atoms with van der Waals surface area (Å²) in [7, 11) is 0. The van der Waals surface area contributed by atoms with E-state index >= 15 is 0 Å². The molecule has 0 atom stereocenters. The number of fused-ring (bicyclic) bond motifs is 1. The van der Waals surface area contributed by atoms with Crippen LogP contribution < -0.4 is 0 Å². The fraction of sp³-hybridized carbons (Fsp3) is 0.417. The van der Waals surface area contributed by atoms with E-state index in [1.807, 2.05) is 6.20 Å². The first kappa shape index (κ1) is 9.78. The van der Waals surface area contributed by atoms with Gasteiger partial charge in [0.25, 0.3) is 0 Å². The normalized spacial score (nSPS) is 16.6. The highest BCUT2D eigenvalue weighted by atomic mass is 19.1. The molecule has 3 rings (SSSR count). The lowest BCUT2D eigenvalue weighted by atomic mass is 10.1. The third-order valence-electron chi connectivity index (χ3n) is 3.23. The number of nitrogens with zero attached hydrogens (tertiary/aromatic N) is 2. The highest BCUT2D eigenvalue weighted by molar-refractivity contribution is 5.79. The van der Waals surface area contributed by atoms with E-state index in [0.29, 0.717) is 0 Å². The lowest BCUT2D eigenvalue weighted by Crippen LogP contribution is -2.38. The second-order valence-corrected chi connectivity index (χ2v) is 4.31. The predicted octanol–water partition coefficient (Wildman–Crippen LogP) is 1.95. The minimum absolute atomic E-state index is 0.266. The zero-order valence-electron chi connectivity index (χ0n) is 9.04. The van der Waals surface area contributed by atoms with Crippen LogP contribution in [0, 0.1) is 5.82 Å². The number of H-pyrrole nitrogens is 1. The summed E-state index contributed by atoms with van der Waals surface area (Å²) in [5.74, 6) is -0.266. The van der Waals surface area contributed by atoms with Gasteiger partial charge in [-0.15, -0.1) is 0 Å². The Labute approximate surface area is 93.3 Å². The number of halogens is 1. The number of pyridine rings is 1. The zero-order chi connectivity index (χ0) is 11.0. The van der Waals surface area contributed by atoms with Crippen molar-refractivity contribution < 1.29 is 4.39 Å². The molecule has 1 N–H and O–H groups in total. The molecule has 1 aliphatic rings. The van der Waals surface area contributed by atoms with Crippen LogP contribution in [-0.4, -0.2) is 34.5 Å². The van der Waals surface area contributed by atoms with Crippen molar-refractivity contribution in [1.29, 1.82) is 0 Å². The summed E-state index contributed by atoms with van der Waals surface area (Å²) in [6, 6.07) is 1.56. The lowest BCUT2D eigenvalue weighted by molar-refractivity contribution is 0.184. The number of aromatic amines is 1. The maximum absolute atomic E-state index is 13.1. The van der Waals surface area contributed by atoms with Gasteiger partial charge in [0.2, 0.25) is 0 Å². The second-order valence-electron chi connectivity index (χ2n) is 4.31. The Morgan fingerprint density at radius 1 is 1.44 bits per heavy atom. The molecule has 3 heterocycles. The molecule has 2 aromatic rings. The molecule has 3 nitrogen and oxygen atoms in total. The molecule has 16 heavy (non-hydrogen) atoms. The topological polar surface area (TPSA) is 31.9 Å². The summed E-state index contributed by atoms with van der Waals surface area (Å²) < 4.78 is 13.1. The third-order valence-corrected chi connectivity index (χ3v) is 3.23. The van der Waals surface area contributed by atoms with E-state index in [9.17, 15) is 4.39 Å². The van der Waals surface area contributed by atoms with E-state index in [1.54, 1.807) is 6.07 Å². The quantitative estimate of drug-likeness (QED) is 0.855. The van der Waals surface area contributed by atoms with Crippen LogP contribution in [0.5, 0.6) is 0 Å². The number of likely N-dealkylation sites (tertiary alicyclic amines) is 1. The Morgan fingerprint density at radius 3 is 3.06 bits per heavy atom. The highest BCUT2D eigenvalue weighted by Gasteiger charge is 2.14. The Morgan fingerprint density at radius 2 is 2.31 bits per heavy atom. The summed E-state index contributed by atoms with van der Waals surface area (Å²) in [5, 5.41) is 0.917. The van der Waals surface area contributed by atoms with E-state index in [1.165, 1.54) is 25.7 Å². The molecule has 84 valence electrons. The van der Waals surface area contributed by atoms with Gasteiger partial charge >= 0.3 is 0 Å². The Bertz CT molecular complexity index is 502. The number of aromatic nitrogens is 2. The van der Waals surface area contributed by atoms with Crippen LogP contribution in [0.2, 0.25) is 0 Å². The molecular weight excluding hydrogens is 205 g/mol. The van der Waals surface area contributed by atoms with Crippen LogP contribution in [0.15, 0.2) is 18.5 Å². The van der Waals surface area contributed by atoms with Crippen LogP contribution in [-0.2, 0) is 6.42 Å². The monoisotopic (exact) mass is 219 g/mol. The van der Waals surface area contributed by atoms with E-state index in [-0.39, 0.29) is 5.82 Å². The number of hydrogen-bond acceptors (Lipinski definition) is 2. The molecule has 0 bridgehead atoms. The van der Waals surface area contributed by atoms with Crippen molar-refractivity contribution >= 4 is 11.0 Å². The first-order valence-electron chi connectivity index (χ1n) is 5.67. The molecule has 2 aromatic heterocycles. The first-order chi connectivity index (χ1) is 7.83. The Hall–Kier alpha value is -1.42. The predicted molar refractivity (Wildman–Crippen MR) is 60.8 cm³/mol. The summed E-state index contributed by atoms with van der Waals surface area (Å²) in [6.45, 7) is 3.47. The Balaban J connectivity index is 1.82. The van der Waals surface area contributed by atoms with E-state index in [0.717, 1.165) is 29.6 Å². The fourth-order valence-electron chi connectivity index (χ4n) is 2.12. The van der Waals surface area contributed by atoms with Crippen LogP contribution in [0.3, 0.4) is 0 Å². The largest absolute Gasteiger partial charge is 0.346 e. The average Bonchev–Trinajstić information content (AvgIpc) is 2.59. The SMILES string of the molecule is Fc1cnc2[nH]cc(CCN3CCC3)c2c1. The summed E-state index contributed by atoms with van der Waals surface area (Å²) in [6.07, 6.45) is 5.46. The smallest absolute Gasteiger partial charge is 0.142 e. The van der Waals surface area contributed by atoms with Crippen LogP contribution in [0.4, 0.5) is 4.39 Å². The minimum Gasteiger partial charge on any atom is -0.346 e. The molecule has 0 aromatic carbocycles. The second kappa shape index (κ2) is 3.87. The third kappa shape index (κ3) is 1.69. The van der Waals surface area contributed by atoms with Gasteiger partial charge in [0.1, 0.15) is 11.5 Å². The molecule has 0 radical (unpaired) electrons. The van der Waals surface area contributed by atoms with Crippen molar-refractivity contribution in [2.75, 3.05) is 19.6 Å². The molecule has 1 fully saturated rings. The molecular formula is C12H14FN3. The van der Waals surface area contributed by atoms with Crippen molar-refractivity contribution in [2.24, 2.45) is 0 Å². The van der Waals surface area contributed by atoms with Gasteiger partial charge in [0, 0.05) is 18.1 Å². The van der Waals surface area contributed by atoms with Crippen molar-refractivity contribution in [3.05, 3.63) is 29.8 Å². The highest BCUT2D eigenvalue weighted by Crippen LogP contribution is 2.18. The average molecular weight is 219 g/mol. The molecule has 1 aliphatic heterocycles. The van der Waals surface area contributed by atoms with E-state index < -0.39 is 0 Å². The number of hydrogen-bond donors (Lipinski definition) is 1. The van der Waals surface area contributed by atoms with Crippen LogP contribution in [0.25, 0.3) is 11.0 Å². The molecule has 0 saturated carbocycles. The van der Waals surface area contributed by atoms with Gasteiger partial charge in [0.15, 0.2) is 0 Å². The van der Waals surface area contributed by atoms with E-state index in [2.05, 4.69) is 14.9 Å². The van der Waals surface area contributed by atoms with Crippen molar-refractivity contribution in [1.82, 2.24) is 14.9 Å². The molecule has 4 heteroatoms. The maximum atomic E-state index is 13.1. The summed E-state index contributed by atoms with van der Waals surface area (Å²) in [4.78, 5) is 9.51. The van der Waals surface area contributed by atoms with Gasteiger partial charge < -0.3 is 9.88 Å². The molecule has 0 amide bonds. The van der Waals surface area contributed by atoms with Crippen LogP contribution >= 0.6 is 0 Å². The van der Waals surface area contributed by atoms with Crippen molar-refractivity contribution in [3.63, 3.8) is 0 Å². The van der Waals surface area contributed by atoms with Gasteiger partial charge in [-0.3, -0.25) is 0 Å². The van der Waals surface area contributed by atoms with Gasteiger partial charge in [-0.1, -0.05) is 0 Å². The van der Waals surface area contributed by atoms with Gasteiger partial charge in [0.05, 0.1) is 6.20 Å².